The molecule has 1 aromatic rings. The second-order valence-corrected chi connectivity index (χ2v) is 9.96. The van der Waals surface area contributed by atoms with Gasteiger partial charge < -0.3 is 14.6 Å². The van der Waals surface area contributed by atoms with E-state index in [0.29, 0.717) is 5.75 Å². The Morgan fingerprint density at radius 2 is 1.97 bits per heavy atom. The van der Waals surface area contributed by atoms with Crippen molar-refractivity contribution in [3.8, 4) is 11.5 Å². The predicted molar refractivity (Wildman–Crippen MR) is 126 cm³/mol. The second-order valence-electron chi connectivity index (χ2n) is 9.96. The first-order chi connectivity index (χ1) is 14.5. The molecule has 0 saturated heterocycles. The number of esters is 1. The van der Waals surface area contributed by atoms with Gasteiger partial charge in [-0.2, -0.15) is 0 Å². The fourth-order valence-electron chi connectivity index (χ4n) is 4.11. The van der Waals surface area contributed by atoms with Gasteiger partial charge in [0.2, 0.25) is 6.79 Å². The molecule has 4 nitrogen and oxygen atoms in total. The van der Waals surface area contributed by atoms with Crippen molar-refractivity contribution in [3.63, 3.8) is 0 Å². The minimum absolute atomic E-state index is 0.00994. The molecule has 172 valence electrons. The minimum Gasteiger partial charge on any atom is -0.507 e. The van der Waals surface area contributed by atoms with Crippen LogP contribution in [0.3, 0.4) is 0 Å². The SMILES string of the molecule is C=C(C)C1CCC(C)=CC1c1c(O)cc(CCCCC)cc1OCOC(=O)C(C)(C)C. The molecule has 1 aromatic carbocycles. The number of hydrogen-bond acceptors (Lipinski definition) is 4. The summed E-state index contributed by atoms with van der Waals surface area (Å²) in [5.74, 6) is 0.749. The predicted octanol–water partition coefficient (Wildman–Crippen LogP) is 7.07. The molecule has 2 rings (SSSR count). The van der Waals surface area contributed by atoms with E-state index in [4.69, 9.17) is 9.47 Å². The number of unbranched alkanes of at least 4 members (excludes halogenated alkanes) is 2. The first-order valence-corrected chi connectivity index (χ1v) is 11.5. The van der Waals surface area contributed by atoms with E-state index < -0.39 is 5.41 Å². The Balaban J connectivity index is 2.39. The van der Waals surface area contributed by atoms with Crippen LogP contribution in [0.4, 0.5) is 0 Å². The van der Waals surface area contributed by atoms with Crippen molar-refractivity contribution in [1.29, 1.82) is 0 Å². The number of ether oxygens (including phenoxy) is 2. The van der Waals surface area contributed by atoms with Crippen LogP contribution in [0, 0.1) is 11.3 Å². The molecule has 1 N–H and O–H groups in total. The molecule has 0 spiro atoms. The summed E-state index contributed by atoms with van der Waals surface area (Å²) in [5, 5.41) is 11.1. The molecular weight excluding hydrogens is 388 g/mol. The molecule has 0 aromatic heterocycles. The zero-order valence-electron chi connectivity index (χ0n) is 20.2. The average molecular weight is 429 g/mol. The highest BCUT2D eigenvalue weighted by Gasteiger charge is 2.31. The molecule has 2 unspecified atom stereocenters. The van der Waals surface area contributed by atoms with Crippen LogP contribution in [-0.4, -0.2) is 17.9 Å². The number of rotatable bonds is 9. The van der Waals surface area contributed by atoms with Gasteiger partial charge in [0.1, 0.15) is 11.5 Å². The number of carbonyl (C=O) groups is 1. The summed E-state index contributed by atoms with van der Waals surface area (Å²) >= 11 is 0. The van der Waals surface area contributed by atoms with E-state index in [9.17, 15) is 9.90 Å². The molecule has 0 aliphatic heterocycles. The molecule has 4 heteroatoms. The highest BCUT2D eigenvalue weighted by molar-refractivity contribution is 5.75. The number of aryl methyl sites for hydroxylation is 1. The molecule has 0 bridgehead atoms. The van der Waals surface area contributed by atoms with Gasteiger partial charge in [0.15, 0.2) is 0 Å². The quantitative estimate of drug-likeness (QED) is 0.198. The first kappa shape index (κ1) is 25.0. The molecule has 31 heavy (non-hydrogen) atoms. The third-order valence-electron chi connectivity index (χ3n) is 5.98. The average Bonchev–Trinajstić information content (AvgIpc) is 2.67. The number of hydrogen-bond donors (Lipinski definition) is 1. The number of aromatic hydroxyl groups is 1. The van der Waals surface area contributed by atoms with Crippen molar-refractivity contribution in [3.05, 3.63) is 47.1 Å². The number of carbonyl (C=O) groups excluding carboxylic acids is 1. The van der Waals surface area contributed by atoms with Crippen LogP contribution in [-0.2, 0) is 16.0 Å². The Hall–Kier alpha value is -2.23. The standard InChI is InChI=1S/C27H40O4/c1-8-9-10-11-20-15-23(28)25(22-14-19(4)12-13-21(22)18(2)3)24(16-20)30-17-31-26(29)27(5,6)7/h14-16,21-22,28H,2,8-13,17H2,1,3-7H3. The fourth-order valence-corrected chi connectivity index (χ4v) is 4.11. The highest BCUT2D eigenvalue weighted by Crippen LogP contribution is 2.47. The van der Waals surface area contributed by atoms with Crippen LogP contribution >= 0.6 is 0 Å². The molecule has 0 fully saturated rings. The summed E-state index contributed by atoms with van der Waals surface area (Å²) in [7, 11) is 0. The van der Waals surface area contributed by atoms with E-state index in [2.05, 4.69) is 26.5 Å². The van der Waals surface area contributed by atoms with E-state index in [0.717, 1.165) is 55.2 Å². The van der Waals surface area contributed by atoms with Crippen molar-refractivity contribution in [2.24, 2.45) is 11.3 Å². The number of benzene rings is 1. The zero-order chi connectivity index (χ0) is 23.2. The van der Waals surface area contributed by atoms with Crippen LogP contribution in [0.2, 0.25) is 0 Å². The summed E-state index contributed by atoms with van der Waals surface area (Å²) in [6.45, 7) is 15.8. The molecular formula is C27H40O4. The van der Waals surface area contributed by atoms with Gasteiger partial charge in [-0.05, 0) is 83.9 Å². The van der Waals surface area contributed by atoms with Gasteiger partial charge in [-0.1, -0.05) is 43.6 Å². The first-order valence-electron chi connectivity index (χ1n) is 11.5. The molecule has 0 saturated carbocycles. The lowest BCUT2D eigenvalue weighted by atomic mass is 9.73. The summed E-state index contributed by atoms with van der Waals surface area (Å²) in [6, 6.07) is 3.87. The third kappa shape index (κ3) is 6.88. The largest absolute Gasteiger partial charge is 0.507 e. The van der Waals surface area contributed by atoms with E-state index in [-0.39, 0.29) is 30.3 Å². The topological polar surface area (TPSA) is 55.8 Å². The Bertz CT molecular complexity index is 813. The van der Waals surface area contributed by atoms with Gasteiger partial charge >= 0.3 is 5.97 Å². The summed E-state index contributed by atoms with van der Waals surface area (Å²) in [6.07, 6.45) is 8.48. The zero-order valence-corrected chi connectivity index (χ0v) is 20.2. The van der Waals surface area contributed by atoms with Crippen molar-refractivity contribution >= 4 is 5.97 Å². The maximum atomic E-state index is 12.2. The summed E-state index contributed by atoms with van der Waals surface area (Å²) in [4.78, 5) is 12.2. The Morgan fingerprint density at radius 3 is 2.58 bits per heavy atom. The lowest BCUT2D eigenvalue weighted by Gasteiger charge is -2.32. The Labute approximate surface area is 188 Å². The molecule has 1 aliphatic rings. The number of allylic oxidation sites excluding steroid dienone is 3. The van der Waals surface area contributed by atoms with Crippen LogP contribution < -0.4 is 4.74 Å². The van der Waals surface area contributed by atoms with Gasteiger partial charge in [0.05, 0.1) is 5.41 Å². The maximum absolute atomic E-state index is 12.2. The molecule has 0 radical (unpaired) electrons. The van der Waals surface area contributed by atoms with Gasteiger partial charge in [-0.25, -0.2) is 0 Å². The van der Waals surface area contributed by atoms with Crippen molar-refractivity contribution in [2.75, 3.05) is 6.79 Å². The van der Waals surface area contributed by atoms with Crippen LogP contribution in [0.25, 0.3) is 0 Å². The van der Waals surface area contributed by atoms with Crippen LogP contribution in [0.5, 0.6) is 11.5 Å². The molecule has 0 heterocycles. The van der Waals surface area contributed by atoms with Crippen molar-refractivity contribution in [2.45, 2.75) is 86.0 Å². The van der Waals surface area contributed by atoms with Crippen LogP contribution in [0.15, 0.2) is 35.9 Å². The van der Waals surface area contributed by atoms with E-state index in [1.54, 1.807) is 0 Å². The number of phenols is 1. The smallest absolute Gasteiger partial charge is 0.314 e. The van der Waals surface area contributed by atoms with E-state index in [1.807, 2.05) is 39.8 Å². The lowest BCUT2D eigenvalue weighted by molar-refractivity contribution is -0.159. The molecule has 1 aliphatic carbocycles. The lowest BCUT2D eigenvalue weighted by Crippen LogP contribution is -2.25. The maximum Gasteiger partial charge on any atom is 0.314 e. The van der Waals surface area contributed by atoms with Gasteiger partial charge in [0, 0.05) is 11.5 Å². The van der Waals surface area contributed by atoms with Gasteiger partial charge in [-0.15, -0.1) is 0 Å². The van der Waals surface area contributed by atoms with Crippen LogP contribution in [0.1, 0.15) is 90.7 Å². The minimum atomic E-state index is -0.593. The Kier molecular flexibility index (Phi) is 8.79. The number of phenolic OH excluding ortho intramolecular Hbond substituents is 1. The monoisotopic (exact) mass is 428 g/mol. The third-order valence-corrected chi connectivity index (χ3v) is 5.98. The summed E-state index contributed by atoms with van der Waals surface area (Å²) in [5.41, 5.74) is 3.61. The fraction of sp³-hybridized carbons (Fsp3) is 0.593. The second kappa shape index (κ2) is 10.9. The normalized spacial score (nSPS) is 19.0. The van der Waals surface area contributed by atoms with E-state index >= 15 is 0 Å². The van der Waals surface area contributed by atoms with E-state index in [1.165, 1.54) is 5.57 Å². The van der Waals surface area contributed by atoms with Crippen molar-refractivity contribution in [1.82, 2.24) is 0 Å². The highest BCUT2D eigenvalue weighted by atomic mass is 16.7. The summed E-state index contributed by atoms with van der Waals surface area (Å²) < 4.78 is 11.3. The van der Waals surface area contributed by atoms with Gasteiger partial charge in [-0.3, -0.25) is 4.79 Å². The molecule has 0 amide bonds. The van der Waals surface area contributed by atoms with Gasteiger partial charge in [0.25, 0.3) is 0 Å². The molecule has 2 atom stereocenters. The van der Waals surface area contributed by atoms with Crippen molar-refractivity contribution < 1.29 is 19.4 Å². The Morgan fingerprint density at radius 1 is 1.26 bits per heavy atom.